The average molecular weight is 329 g/mol. The summed E-state index contributed by atoms with van der Waals surface area (Å²) < 4.78 is 0. The van der Waals surface area contributed by atoms with Gasteiger partial charge in [0.1, 0.15) is 5.69 Å². The van der Waals surface area contributed by atoms with E-state index in [0.29, 0.717) is 30.3 Å². The van der Waals surface area contributed by atoms with Gasteiger partial charge in [-0.2, -0.15) is 0 Å². The van der Waals surface area contributed by atoms with Crippen LogP contribution in [0.25, 0.3) is 0 Å². The van der Waals surface area contributed by atoms with E-state index in [0.717, 1.165) is 23.4 Å². The van der Waals surface area contributed by atoms with Crippen molar-refractivity contribution < 1.29 is 9.59 Å². The Labute approximate surface area is 136 Å². The molecule has 0 aromatic carbocycles. The molecular weight excluding hydrogens is 314 g/mol. The third-order valence-corrected chi connectivity index (χ3v) is 4.98. The number of hydrogen-bond donors (Lipinski definition) is 1. The molecule has 1 fully saturated rings. The summed E-state index contributed by atoms with van der Waals surface area (Å²) >= 11 is 1.45. The van der Waals surface area contributed by atoms with Gasteiger partial charge in [0.2, 0.25) is 5.91 Å². The molecule has 0 bridgehead atoms. The molecule has 0 saturated heterocycles. The van der Waals surface area contributed by atoms with Crippen molar-refractivity contribution in [3.8, 4) is 0 Å². The van der Waals surface area contributed by atoms with Crippen LogP contribution in [0.15, 0.2) is 18.6 Å². The number of amides is 2. The maximum atomic E-state index is 12.4. The standard InChI is InChI=1S/C15H15N5O2S/c21-13(9-1-2-9)19-15-18-10-3-6-20(8-12(10)23-15)14(22)11-7-16-4-5-17-11/h4-5,7,9H,1-3,6,8H2,(H,18,19,21). The van der Waals surface area contributed by atoms with E-state index in [1.54, 1.807) is 11.1 Å². The third-order valence-electron chi connectivity index (χ3n) is 3.98. The minimum absolute atomic E-state index is 0.0589. The van der Waals surface area contributed by atoms with Crippen LogP contribution in [0.1, 0.15) is 33.9 Å². The maximum absolute atomic E-state index is 12.4. The summed E-state index contributed by atoms with van der Waals surface area (Å²) in [7, 11) is 0. The molecule has 2 aromatic rings. The molecule has 1 saturated carbocycles. The molecule has 118 valence electrons. The molecule has 2 aliphatic rings. The fraction of sp³-hybridized carbons (Fsp3) is 0.400. The predicted molar refractivity (Wildman–Crippen MR) is 83.9 cm³/mol. The first-order valence-electron chi connectivity index (χ1n) is 7.55. The second-order valence-electron chi connectivity index (χ2n) is 5.72. The molecule has 3 heterocycles. The molecule has 0 radical (unpaired) electrons. The van der Waals surface area contributed by atoms with Crippen LogP contribution in [-0.2, 0) is 17.8 Å². The largest absolute Gasteiger partial charge is 0.332 e. The summed E-state index contributed by atoms with van der Waals surface area (Å²) in [6, 6.07) is 0. The Kier molecular flexibility index (Phi) is 3.53. The van der Waals surface area contributed by atoms with E-state index in [1.807, 2.05) is 0 Å². The molecule has 2 aromatic heterocycles. The molecule has 1 N–H and O–H groups in total. The maximum Gasteiger partial charge on any atom is 0.274 e. The number of carbonyl (C=O) groups is 2. The Balaban J connectivity index is 1.47. The molecule has 0 spiro atoms. The van der Waals surface area contributed by atoms with Gasteiger partial charge in [-0.05, 0) is 12.8 Å². The lowest BCUT2D eigenvalue weighted by Crippen LogP contribution is -2.36. The zero-order valence-electron chi connectivity index (χ0n) is 12.4. The van der Waals surface area contributed by atoms with Crippen LogP contribution in [0.5, 0.6) is 0 Å². The van der Waals surface area contributed by atoms with Gasteiger partial charge < -0.3 is 10.2 Å². The molecule has 4 rings (SSSR count). The summed E-state index contributed by atoms with van der Waals surface area (Å²) in [6.45, 7) is 1.10. The van der Waals surface area contributed by atoms with Gasteiger partial charge in [-0.15, -0.1) is 0 Å². The SMILES string of the molecule is O=C(Nc1nc2c(s1)CN(C(=O)c1cnccn1)CC2)C1CC1. The van der Waals surface area contributed by atoms with Crippen molar-refractivity contribution in [2.45, 2.75) is 25.8 Å². The number of fused-ring (bicyclic) bond motifs is 1. The van der Waals surface area contributed by atoms with Crippen molar-refractivity contribution >= 4 is 28.3 Å². The first-order chi connectivity index (χ1) is 11.2. The number of rotatable bonds is 3. The number of anilines is 1. The van der Waals surface area contributed by atoms with E-state index in [-0.39, 0.29) is 17.7 Å². The number of nitrogens with one attached hydrogen (secondary N) is 1. The van der Waals surface area contributed by atoms with Gasteiger partial charge in [0, 0.05) is 36.2 Å². The Morgan fingerprint density at radius 2 is 2.17 bits per heavy atom. The lowest BCUT2D eigenvalue weighted by Gasteiger charge is -2.25. The molecule has 1 aliphatic heterocycles. The molecule has 2 amide bonds. The molecule has 7 nitrogen and oxygen atoms in total. The highest BCUT2D eigenvalue weighted by Crippen LogP contribution is 2.33. The van der Waals surface area contributed by atoms with Crippen molar-refractivity contribution in [3.05, 3.63) is 34.9 Å². The fourth-order valence-electron chi connectivity index (χ4n) is 2.55. The number of thiazole rings is 1. The second kappa shape index (κ2) is 5.69. The summed E-state index contributed by atoms with van der Waals surface area (Å²) in [4.78, 5) is 39.5. The van der Waals surface area contributed by atoms with Crippen molar-refractivity contribution in [2.24, 2.45) is 5.92 Å². The van der Waals surface area contributed by atoms with Crippen LogP contribution in [0.3, 0.4) is 0 Å². The number of nitrogens with zero attached hydrogens (tertiary/aromatic N) is 4. The molecule has 8 heteroatoms. The van der Waals surface area contributed by atoms with Gasteiger partial charge in [0.05, 0.1) is 18.4 Å². The quantitative estimate of drug-likeness (QED) is 0.921. The fourth-order valence-corrected chi connectivity index (χ4v) is 3.57. The van der Waals surface area contributed by atoms with E-state index in [1.165, 1.54) is 23.7 Å². The highest BCUT2D eigenvalue weighted by Gasteiger charge is 2.31. The first-order valence-corrected chi connectivity index (χ1v) is 8.37. The smallest absolute Gasteiger partial charge is 0.274 e. The van der Waals surface area contributed by atoms with E-state index in [9.17, 15) is 9.59 Å². The predicted octanol–water partition coefficient (Wildman–Crippen LogP) is 1.48. The zero-order valence-corrected chi connectivity index (χ0v) is 13.2. The number of aromatic nitrogens is 3. The molecular formula is C15H15N5O2S. The van der Waals surface area contributed by atoms with Crippen molar-refractivity contribution in [2.75, 3.05) is 11.9 Å². The molecule has 0 atom stereocenters. The molecule has 0 unspecified atom stereocenters. The Bertz CT molecular complexity index is 756. The lowest BCUT2D eigenvalue weighted by molar-refractivity contribution is -0.117. The van der Waals surface area contributed by atoms with Gasteiger partial charge in [-0.3, -0.25) is 14.6 Å². The van der Waals surface area contributed by atoms with E-state index >= 15 is 0 Å². The van der Waals surface area contributed by atoms with Crippen LogP contribution >= 0.6 is 11.3 Å². The normalized spacial score (nSPS) is 16.8. The van der Waals surface area contributed by atoms with Crippen LogP contribution in [0.4, 0.5) is 5.13 Å². The van der Waals surface area contributed by atoms with Gasteiger partial charge in [0.15, 0.2) is 5.13 Å². The van der Waals surface area contributed by atoms with Crippen molar-refractivity contribution in [1.82, 2.24) is 19.9 Å². The van der Waals surface area contributed by atoms with E-state index < -0.39 is 0 Å². The highest BCUT2D eigenvalue weighted by molar-refractivity contribution is 7.15. The minimum atomic E-state index is -0.124. The molecule has 23 heavy (non-hydrogen) atoms. The Hall–Kier alpha value is -2.35. The van der Waals surface area contributed by atoms with Gasteiger partial charge in [-0.25, -0.2) is 9.97 Å². The minimum Gasteiger partial charge on any atom is -0.332 e. The summed E-state index contributed by atoms with van der Waals surface area (Å²) in [5.74, 6) is 0.0926. The molecule has 1 aliphatic carbocycles. The Morgan fingerprint density at radius 3 is 2.91 bits per heavy atom. The van der Waals surface area contributed by atoms with Crippen LogP contribution < -0.4 is 5.32 Å². The van der Waals surface area contributed by atoms with Crippen LogP contribution in [-0.4, -0.2) is 38.2 Å². The van der Waals surface area contributed by atoms with Crippen molar-refractivity contribution in [1.29, 1.82) is 0 Å². The lowest BCUT2D eigenvalue weighted by atomic mass is 10.1. The zero-order chi connectivity index (χ0) is 15.8. The topological polar surface area (TPSA) is 88.1 Å². The summed E-state index contributed by atoms with van der Waals surface area (Å²) in [5.41, 5.74) is 1.33. The van der Waals surface area contributed by atoms with Gasteiger partial charge >= 0.3 is 0 Å². The first kappa shape index (κ1) is 14.3. The summed E-state index contributed by atoms with van der Waals surface area (Å²) in [6.07, 6.45) is 7.17. The van der Waals surface area contributed by atoms with E-state index in [4.69, 9.17) is 0 Å². The van der Waals surface area contributed by atoms with Gasteiger partial charge in [-0.1, -0.05) is 11.3 Å². The van der Waals surface area contributed by atoms with Gasteiger partial charge in [0.25, 0.3) is 5.91 Å². The van der Waals surface area contributed by atoms with Crippen molar-refractivity contribution in [3.63, 3.8) is 0 Å². The van der Waals surface area contributed by atoms with Crippen LogP contribution in [0.2, 0.25) is 0 Å². The average Bonchev–Trinajstić information content (AvgIpc) is 3.35. The van der Waals surface area contributed by atoms with E-state index in [2.05, 4.69) is 20.3 Å². The number of hydrogen-bond acceptors (Lipinski definition) is 6. The Morgan fingerprint density at radius 1 is 1.30 bits per heavy atom. The second-order valence-corrected chi connectivity index (χ2v) is 6.80. The highest BCUT2D eigenvalue weighted by atomic mass is 32.1. The summed E-state index contributed by atoms with van der Waals surface area (Å²) in [5, 5.41) is 3.52. The van der Waals surface area contributed by atoms with Crippen LogP contribution in [0, 0.1) is 5.92 Å². The monoisotopic (exact) mass is 329 g/mol. The number of carbonyl (C=O) groups excluding carboxylic acids is 2. The third kappa shape index (κ3) is 2.94.